The zero-order valence-electron chi connectivity index (χ0n) is 16.1. The van der Waals surface area contributed by atoms with Gasteiger partial charge in [-0.05, 0) is 19.3 Å². The van der Waals surface area contributed by atoms with Crippen LogP contribution in [0.1, 0.15) is 25.7 Å². The Morgan fingerprint density at radius 1 is 0.559 bits per heavy atom. The molecule has 2 nitrogen and oxygen atoms in total. The topological polar surface area (TPSA) is 18.5 Å². The van der Waals surface area contributed by atoms with Gasteiger partial charge in [-0.1, -0.05) is 0 Å². The van der Waals surface area contributed by atoms with E-state index in [-0.39, 0.29) is 19.4 Å². The van der Waals surface area contributed by atoms with Gasteiger partial charge >= 0.3 is 47.6 Å². The highest BCUT2D eigenvalue weighted by molar-refractivity contribution is 5.08. The van der Waals surface area contributed by atoms with Crippen LogP contribution in [-0.4, -0.2) is 67.1 Å². The first-order chi connectivity index (χ1) is 14.8. The highest BCUT2D eigenvalue weighted by atomic mass is 19.4. The molecule has 1 heterocycles. The Balaban J connectivity index is 3.22. The van der Waals surface area contributed by atoms with Crippen molar-refractivity contribution in [2.24, 2.45) is 0 Å². The van der Waals surface area contributed by atoms with E-state index in [2.05, 4.69) is 9.47 Å². The Morgan fingerprint density at radius 2 is 0.971 bits per heavy atom. The van der Waals surface area contributed by atoms with E-state index in [9.17, 15) is 74.6 Å². The molecule has 1 aliphatic rings. The normalized spacial score (nSPS) is 20.6. The molecular weight excluding hydrogens is 535 g/mol. The summed E-state index contributed by atoms with van der Waals surface area (Å²) in [7, 11) is 0. The second kappa shape index (κ2) is 8.99. The van der Waals surface area contributed by atoms with Crippen molar-refractivity contribution in [3.05, 3.63) is 0 Å². The molecular formula is C15H13F17O2. The summed E-state index contributed by atoms with van der Waals surface area (Å²) in [6.07, 6.45) is -13.7. The predicted molar refractivity (Wildman–Crippen MR) is 74.8 cm³/mol. The minimum Gasteiger partial charge on any atom is -0.353 e. The average Bonchev–Trinajstić information content (AvgIpc) is 2.64. The number of ether oxygens (including phenoxy) is 2. The van der Waals surface area contributed by atoms with Crippen LogP contribution in [0, 0.1) is 0 Å². The Hall–Kier alpha value is -1.27. The number of hydrogen-bond donors (Lipinski definition) is 0. The summed E-state index contributed by atoms with van der Waals surface area (Å²) in [6, 6.07) is 0. The van der Waals surface area contributed by atoms with Gasteiger partial charge in [0.25, 0.3) is 0 Å². The first-order valence-electron chi connectivity index (χ1n) is 8.73. The van der Waals surface area contributed by atoms with Crippen molar-refractivity contribution in [1.82, 2.24) is 0 Å². The molecule has 0 aliphatic carbocycles. The summed E-state index contributed by atoms with van der Waals surface area (Å²) < 4.78 is 232. The van der Waals surface area contributed by atoms with Crippen LogP contribution in [0.2, 0.25) is 0 Å². The van der Waals surface area contributed by atoms with Crippen LogP contribution in [-0.2, 0) is 9.47 Å². The summed E-state index contributed by atoms with van der Waals surface area (Å²) >= 11 is 0. The molecule has 34 heavy (non-hydrogen) atoms. The van der Waals surface area contributed by atoms with Crippen molar-refractivity contribution in [1.29, 1.82) is 0 Å². The molecule has 0 aromatic heterocycles. The molecule has 0 spiro atoms. The SMILES string of the molecule is FC(F)(F)C(F)(F)C(F)(F)C(F)(F)CC(F)(F)C(F)(F)C(F)(F)C(F)(F)COC1CCCCO1. The molecule has 1 atom stereocenters. The van der Waals surface area contributed by atoms with Crippen molar-refractivity contribution in [2.75, 3.05) is 13.2 Å². The predicted octanol–water partition coefficient (Wildman–Crippen LogP) is 6.93. The first-order valence-corrected chi connectivity index (χ1v) is 8.73. The fourth-order valence-electron chi connectivity index (χ4n) is 2.50. The maximum absolute atomic E-state index is 13.7. The van der Waals surface area contributed by atoms with E-state index < -0.39 is 67.0 Å². The molecule has 0 bridgehead atoms. The van der Waals surface area contributed by atoms with Crippen LogP contribution in [0.5, 0.6) is 0 Å². The molecule has 0 saturated carbocycles. The lowest BCUT2D eigenvalue weighted by Gasteiger charge is -2.40. The fourth-order valence-corrected chi connectivity index (χ4v) is 2.50. The summed E-state index contributed by atoms with van der Waals surface area (Å²) in [6.45, 7) is -2.93. The molecule has 204 valence electrons. The van der Waals surface area contributed by atoms with E-state index >= 15 is 0 Å². The number of rotatable bonds is 10. The minimum absolute atomic E-state index is 0.160. The van der Waals surface area contributed by atoms with E-state index in [4.69, 9.17) is 0 Å². The van der Waals surface area contributed by atoms with Crippen molar-refractivity contribution < 1.29 is 84.1 Å². The maximum atomic E-state index is 13.7. The molecule has 0 radical (unpaired) electrons. The molecule has 1 aliphatic heterocycles. The number of hydrogen-bond acceptors (Lipinski definition) is 2. The van der Waals surface area contributed by atoms with E-state index in [0.29, 0.717) is 6.42 Å². The number of alkyl halides is 17. The molecule has 1 unspecified atom stereocenters. The van der Waals surface area contributed by atoms with Crippen LogP contribution >= 0.6 is 0 Å². The van der Waals surface area contributed by atoms with Crippen LogP contribution in [0.25, 0.3) is 0 Å². The first kappa shape index (κ1) is 30.8. The van der Waals surface area contributed by atoms with E-state index in [1.807, 2.05) is 0 Å². The highest BCUT2D eigenvalue weighted by Crippen LogP contribution is 2.59. The Labute approximate surface area is 178 Å². The summed E-state index contributed by atoms with van der Waals surface area (Å²) in [5.74, 6) is -51.8. The third-order valence-electron chi connectivity index (χ3n) is 4.56. The summed E-state index contributed by atoms with van der Waals surface area (Å²) in [5, 5.41) is 0. The van der Waals surface area contributed by atoms with Gasteiger partial charge in [0.15, 0.2) is 6.29 Å². The smallest absolute Gasteiger partial charge is 0.353 e. The zero-order valence-corrected chi connectivity index (χ0v) is 16.1. The quantitative estimate of drug-likeness (QED) is 0.276. The lowest BCUT2D eigenvalue weighted by molar-refractivity contribution is -0.415. The van der Waals surface area contributed by atoms with Gasteiger partial charge in [0.05, 0.1) is 6.42 Å². The molecule has 1 fully saturated rings. The maximum Gasteiger partial charge on any atom is 0.460 e. The molecule has 0 N–H and O–H groups in total. The fraction of sp³-hybridized carbons (Fsp3) is 1.00. The van der Waals surface area contributed by atoms with E-state index in [0.717, 1.165) is 0 Å². The highest BCUT2D eigenvalue weighted by Gasteiger charge is 2.86. The van der Waals surface area contributed by atoms with Gasteiger partial charge in [-0.15, -0.1) is 0 Å². The lowest BCUT2D eigenvalue weighted by Crippen LogP contribution is -2.67. The van der Waals surface area contributed by atoms with Gasteiger partial charge in [-0.25, -0.2) is 0 Å². The van der Waals surface area contributed by atoms with Gasteiger partial charge in [0.1, 0.15) is 6.61 Å². The zero-order chi connectivity index (χ0) is 27.2. The summed E-state index contributed by atoms with van der Waals surface area (Å²) in [4.78, 5) is 0. The molecule has 0 amide bonds. The van der Waals surface area contributed by atoms with Crippen LogP contribution in [0.15, 0.2) is 0 Å². The molecule has 1 saturated heterocycles. The van der Waals surface area contributed by atoms with Crippen molar-refractivity contribution in [3.8, 4) is 0 Å². The Kier molecular flexibility index (Phi) is 8.13. The molecule has 1 rings (SSSR count). The van der Waals surface area contributed by atoms with Crippen LogP contribution < -0.4 is 0 Å². The Bertz CT molecular complexity index is 694. The van der Waals surface area contributed by atoms with Crippen LogP contribution in [0.4, 0.5) is 74.6 Å². The molecule has 19 heteroatoms. The van der Waals surface area contributed by atoms with Gasteiger partial charge in [-0.3, -0.25) is 0 Å². The lowest BCUT2D eigenvalue weighted by atomic mass is 9.91. The second-order valence-corrected chi connectivity index (χ2v) is 7.19. The third kappa shape index (κ3) is 5.13. The van der Waals surface area contributed by atoms with Crippen LogP contribution in [0.3, 0.4) is 0 Å². The molecule has 0 aromatic rings. The third-order valence-corrected chi connectivity index (χ3v) is 4.56. The van der Waals surface area contributed by atoms with E-state index in [1.54, 1.807) is 0 Å². The van der Waals surface area contributed by atoms with E-state index in [1.165, 1.54) is 0 Å². The average molecular weight is 548 g/mol. The van der Waals surface area contributed by atoms with Crippen molar-refractivity contribution in [2.45, 2.75) is 79.6 Å². The minimum atomic E-state index is -7.88. The van der Waals surface area contributed by atoms with Crippen molar-refractivity contribution in [3.63, 3.8) is 0 Å². The second-order valence-electron chi connectivity index (χ2n) is 7.19. The van der Waals surface area contributed by atoms with Gasteiger partial charge in [0.2, 0.25) is 0 Å². The van der Waals surface area contributed by atoms with Crippen molar-refractivity contribution >= 4 is 0 Å². The monoisotopic (exact) mass is 548 g/mol. The largest absolute Gasteiger partial charge is 0.460 e. The summed E-state index contributed by atoms with van der Waals surface area (Å²) in [5.41, 5.74) is 0. The Morgan fingerprint density at radius 3 is 1.35 bits per heavy atom. The molecule has 0 aromatic carbocycles. The standard InChI is InChI=1S/C15H13F17O2/c16-8(17,5-9(18,19)12(24,25)14(28,29)15(30,31)32)11(22,23)13(26,27)10(20,21)6-34-7-3-1-2-4-33-7/h7H,1-6H2. The van der Waals surface area contributed by atoms with Gasteiger partial charge in [-0.2, -0.15) is 74.6 Å². The number of halogens is 17. The van der Waals surface area contributed by atoms with Gasteiger partial charge < -0.3 is 9.47 Å². The van der Waals surface area contributed by atoms with Gasteiger partial charge in [0, 0.05) is 6.61 Å².